The third-order valence-corrected chi connectivity index (χ3v) is 3.76. The number of alkyl halides is 3. The molecule has 1 saturated heterocycles. The highest BCUT2D eigenvalue weighted by Crippen LogP contribution is 2.32. The first-order valence-corrected chi connectivity index (χ1v) is 6.76. The number of hydrogen-bond acceptors (Lipinski definition) is 3. The van der Waals surface area contributed by atoms with Crippen LogP contribution in [0, 0.1) is 5.92 Å². The van der Waals surface area contributed by atoms with Crippen LogP contribution in [-0.2, 0) is 9.53 Å². The van der Waals surface area contributed by atoms with Crippen LogP contribution in [0.25, 0.3) is 0 Å². The van der Waals surface area contributed by atoms with Crippen molar-refractivity contribution >= 4 is 5.91 Å². The van der Waals surface area contributed by atoms with Gasteiger partial charge in [0.2, 0.25) is 0 Å². The lowest BCUT2D eigenvalue weighted by Crippen LogP contribution is -2.45. The number of nitrogens with zero attached hydrogens (tertiary/aromatic N) is 1. The zero-order chi connectivity index (χ0) is 14.8. The van der Waals surface area contributed by atoms with Crippen LogP contribution in [0.2, 0.25) is 0 Å². The molecule has 2 aliphatic heterocycles. The number of ether oxygens (including phenoxy) is 1. The zero-order valence-corrected chi connectivity index (χ0v) is 11.0. The summed E-state index contributed by atoms with van der Waals surface area (Å²) in [6, 6.07) is 0. The van der Waals surface area contributed by atoms with Crippen molar-refractivity contribution in [3.8, 4) is 0 Å². The standard InChI is InChI=1S/C13H18F3NO3/c14-13(15,16)11(18)9-4-6-17(7-5-9)12(19)10-3-1-2-8-20-10/h3,9,11,18H,1-2,4-8H2. The third-order valence-electron chi connectivity index (χ3n) is 3.76. The lowest BCUT2D eigenvalue weighted by atomic mass is 9.91. The van der Waals surface area contributed by atoms with Crippen molar-refractivity contribution in [1.82, 2.24) is 4.90 Å². The predicted molar refractivity (Wildman–Crippen MR) is 64.6 cm³/mol. The van der Waals surface area contributed by atoms with Crippen LogP contribution in [-0.4, -0.2) is 47.9 Å². The molecular formula is C13H18F3NO3. The van der Waals surface area contributed by atoms with Crippen molar-refractivity contribution in [2.24, 2.45) is 5.92 Å². The van der Waals surface area contributed by atoms with E-state index in [2.05, 4.69) is 0 Å². The molecule has 1 atom stereocenters. The number of likely N-dealkylation sites (tertiary alicyclic amines) is 1. The number of hydrogen-bond donors (Lipinski definition) is 1. The van der Waals surface area contributed by atoms with Crippen LogP contribution in [0.15, 0.2) is 11.8 Å². The number of rotatable bonds is 2. The number of carbonyl (C=O) groups is 1. The molecule has 0 saturated carbocycles. The maximum atomic E-state index is 12.4. The van der Waals surface area contributed by atoms with Crippen LogP contribution >= 0.6 is 0 Å². The quantitative estimate of drug-likeness (QED) is 0.845. The van der Waals surface area contributed by atoms with Gasteiger partial charge in [0.25, 0.3) is 5.91 Å². The first-order valence-electron chi connectivity index (χ1n) is 6.76. The number of allylic oxidation sites excluding steroid dienone is 1. The summed E-state index contributed by atoms with van der Waals surface area (Å²) in [5.74, 6) is -0.795. The van der Waals surface area contributed by atoms with E-state index >= 15 is 0 Å². The summed E-state index contributed by atoms with van der Waals surface area (Å²) < 4.78 is 42.5. The Morgan fingerprint density at radius 3 is 2.55 bits per heavy atom. The fraction of sp³-hybridized carbons (Fsp3) is 0.769. The first kappa shape index (κ1) is 15.2. The molecule has 0 aliphatic carbocycles. The SMILES string of the molecule is O=C(C1=CCCCO1)N1CCC(C(O)C(F)(F)F)CC1. The molecule has 1 fully saturated rings. The normalized spacial score (nSPS) is 23.0. The van der Waals surface area contributed by atoms with Gasteiger partial charge in [-0.1, -0.05) is 0 Å². The van der Waals surface area contributed by atoms with Crippen LogP contribution in [0.3, 0.4) is 0 Å². The van der Waals surface area contributed by atoms with Gasteiger partial charge in [-0.25, -0.2) is 0 Å². The highest BCUT2D eigenvalue weighted by Gasteiger charge is 2.44. The predicted octanol–water partition coefficient (Wildman–Crippen LogP) is 1.84. The summed E-state index contributed by atoms with van der Waals surface area (Å²) in [6.45, 7) is 0.940. The molecule has 1 unspecified atom stereocenters. The van der Waals surface area contributed by atoms with Crippen LogP contribution in [0.1, 0.15) is 25.7 Å². The molecule has 2 aliphatic rings. The molecule has 7 heteroatoms. The molecule has 1 N–H and O–H groups in total. The van der Waals surface area contributed by atoms with Gasteiger partial charge < -0.3 is 14.7 Å². The van der Waals surface area contributed by atoms with Gasteiger partial charge in [-0.2, -0.15) is 13.2 Å². The number of aliphatic hydroxyl groups excluding tert-OH is 1. The Balaban J connectivity index is 1.88. The van der Waals surface area contributed by atoms with E-state index in [1.807, 2.05) is 0 Å². The van der Waals surface area contributed by atoms with Crippen LogP contribution in [0.4, 0.5) is 13.2 Å². The van der Waals surface area contributed by atoms with Crippen LogP contribution < -0.4 is 0 Å². The van der Waals surface area contributed by atoms with E-state index in [1.165, 1.54) is 4.90 Å². The largest absolute Gasteiger partial charge is 0.488 e. The molecule has 0 bridgehead atoms. The fourth-order valence-electron chi connectivity index (χ4n) is 2.55. The minimum atomic E-state index is -4.59. The Hall–Kier alpha value is -1.24. The number of aliphatic hydroxyl groups is 1. The molecule has 2 heterocycles. The Bertz CT molecular complexity index is 387. The van der Waals surface area contributed by atoms with Crippen LogP contribution in [0.5, 0.6) is 0 Å². The number of halogens is 3. The average Bonchev–Trinajstić information content (AvgIpc) is 2.46. The van der Waals surface area contributed by atoms with Crippen molar-refractivity contribution in [3.63, 3.8) is 0 Å². The fourth-order valence-corrected chi connectivity index (χ4v) is 2.55. The maximum absolute atomic E-state index is 12.4. The Kier molecular flexibility index (Phi) is 4.57. The van der Waals surface area contributed by atoms with Gasteiger partial charge >= 0.3 is 6.18 Å². The van der Waals surface area contributed by atoms with Crippen molar-refractivity contribution in [2.75, 3.05) is 19.7 Å². The van der Waals surface area contributed by atoms with E-state index in [0.717, 1.165) is 12.8 Å². The molecular weight excluding hydrogens is 275 g/mol. The molecule has 20 heavy (non-hydrogen) atoms. The van der Waals surface area contributed by atoms with Gasteiger partial charge in [0, 0.05) is 13.1 Å². The van der Waals surface area contributed by atoms with Crippen molar-refractivity contribution in [1.29, 1.82) is 0 Å². The molecule has 114 valence electrons. The summed E-state index contributed by atoms with van der Waals surface area (Å²) in [7, 11) is 0. The molecule has 0 radical (unpaired) electrons. The second-order valence-electron chi connectivity index (χ2n) is 5.18. The molecule has 1 amide bonds. The van der Waals surface area contributed by atoms with E-state index in [1.54, 1.807) is 6.08 Å². The highest BCUT2D eigenvalue weighted by atomic mass is 19.4. The molecule has 4 nitrogen and oxygen atoms in total. The Morgan fingerprint density at radius 1 is 1.40 bits per heavy atom. The number of carbonyl (C=O) groups excluding carboxylic acids is 1. The minimum Gasteiger partial charge on any atom is -0.488 e. The van der Waals surface area contributed by atoms with E-state index in [9.17, 15) is 23.1 Å². The lowest BCUT2D eigenvalue weighted by Gasteiger charge is -2.35. The van der Waals surface area contributed by atoms with Crippen molar-refractivity contribution in [2.45, 2.75) is 38.0 Å². The van der Waals surface area contributed by atoms with Gasteiger partial charge in [0.1, 0.15) is 0 Å². The molecule has 0 spiro atoms. The molecule has 0 aromatic carbocycles. The van der Waals surface area contributed by atoms with Gasteiger partial charge in [0.05, 0.1) is 6.61 Å². The topological polar surface area (TPSA) is 49.8 Å². The van der Waals surface area contributed by atoms with Crippen molar-refractivity contribution in [3.05, 3.63) is 11.8 Å². The molecule has 0 aromatic heterocycles. The van der Waals surface area contributed by atoms with E-state index in [0.29, 0.717) is 12.4 Å². The summed E-state index contributed by atoms with van der Waals surface area (Å²) in [6.07, 6.45) is -3.21. The lowest BCUT2D eigenvalue weighted by molar-refractivity contribution is -0.222. The second-order valence-corrected chi connectivity index (χ2v) is 5.18. The summed E-state index contributed by atoms with van der Waals surface area (Å²) in [4.78, 5) is 13.6. The maximum Gasteiger partial charge on any atom is 0.414 e. The van der Waals surface area contributed by atoms with Gasteiger partial charge in [-0.3, -0.25) is 4.79 Å². The van der Waals surface area contributed by atoms with Gasteiger partial charge in [0.15, 0.2) is 11.9 Å². The zero-order valence-electron chi connectivity index (χ0n) is 11.0. The minimum absolute atomic E-state index is 0.152. The smallest absolute Gasteiger partial charge is 0.414 e. The number of piperidine rings is 1. The summed E-state index contributed by atoms with van der Waals surface area (Å²) >= 11 is 0. The summed E-state index contributed by atoms with van der Waals surface area (Å²) in [5.41, 5.74) is 0. The monoisotopic (exact) mass is 293 g/mol. The second kappa shape index (κ2) is 6.03. The van der Waals surface area contributed by atoms with Gasteiger partial charge in [-0.15, -0.1) is 0 Å². The van der Waals surface area contributed by atoms with Gasteiger partial charge in [-0.05, 0) is 37.7 Å². The van der Waals surface area contributed by atoms with E-state index in [4.69, 9.17) is 4.74 Å². The molecule has 0 aromatic rings. The molecule has 2 rings (SSSR count). The third kappa shape index (κ3) is 3.45. The Labute approximate surface area is 115 Å². The highest BCUT2D eigenvalue weighted by molar-refractivity contribution is 5.91. The summed E-state index contributed by atoms with van der Waals surface area (Å²) in [5, 5.41) is 9.22. The number of amides is 1. The van der Waals surface area contributed by atoms with E-state index < -0.39 is 18.2 Å². The first-order chi connectivity index (χ1) is 9.39. The average molecular weight is 293 g/mol. The van der Waals surface area contributed by atoms with E-state index in [-0.39, 0.29) is 31.8 Å². The Morgan fingerprint density at radius 2 is 2.05 bits per heavy atom. The van der Waals surface area contributed by atoms with Crippen molar-refractivity contribution < 1.29 is 27.8 Å².